The second kappa shape index (κ2) is 6.78. The molecule has 114 valence electrons. The number of carbonyl (C=O) groups is 2. The largest absolute Gasteiger partial charge is 0.273 e. The number of imide groups is 1. The van der Waals surface area contributed by atoms with Gasteiger partial charge in [0.05, 0.1) is 4.91 Å². The Balaban J connectivity index is 1.88. The van der Waals surface area contributed by atoms with E-state index in [1.54, 1.807) is 30.3 Å². The van der Waals surface area contributed by atoms with Crippen molar-refractivity contribution in [1.29, 1.82) is 0 Å². The number of amides is 2. The third-order valence-corrected chi connectivity index (χ3v) is 5.02. The lowest BCUT2D eigenvalue weighted by Crippen LogP contribution is -2.34. The molecule has 0 aliphatic carbocycles. The summed E-state index contributed by atoms with van der Waals surface area (Å²) >= 11 is 9.67. The van der Waals surface area contributed by atoms with Crippen molar-refractivity contribution in [2.45, 2.75) is 0 Å². The molecule has 23 heavy (non-hydrogen) atoms. The average Bonchev–Trinajstić information content (AvgIpc) is 2.82. The molecule has 0 bridgehead atoms. The average molecular weight is 404 g/mol. The van der Waals surface area contributed by atoms with E-state index in [0.717, 1.165) is 26.7 Å². The number of hydrogen-bond acceptors (Lipinski definition) is 4. The fraction of sp³-hybridized carbons (Fsp3) is 0. The van der Waals surface area contributed by atoms with Crippen molar-refractivity contribution in [3.63, 3.8) is 0 Å². The molecule has 1 fully saturated rings. The Labute approximate surface area is 151 Å². The van der Waals surface area contributed by atoms with Gasteiger partial charge in [-0.3, -0.25) is 9.59 Å². The van der Waals surface area contributed by atoms with Crippen LogP contribution in [-0.4, -0.2) is 21.0 Å². The Bertz CT molecular complexity index is 816. The molecule has 1 saturated heterocycles. The standard InChI is InChI=1S/C17H10BrNO2S2/c18-13-8-6-12(7-9-13)15(20)19-16(21)14(23-17(19)22)10-11-4-2-1-3-5-11/h1-10H/b14-10-. The Morgan fingerprint density at radius 1 is 1.09 bits per heavy atom. The fourth-order valence-electron chi connectivity index (χ4n) is 2.07. The van der Waals surface area contributed by atoms with Gasteiger partial charge in [-0.05, 0) is 35.9 Å². The highest BCUT2D eigenvalue weighted by atomic mass is 79.9. The molecule has 0 N–H and O–H groups in total. The molecule has 0 aromatic heterocycles. The summed E-state index contributed by atoms with van der Waals surface area (Å²) < 4.78 is 1.12. The summed E-state index contributed by atoms with van der Waals surface area (Å²) in [5, 5.41) is 0. The summed E-state index contributed by atoms with van der Waals surface area (Å²) in [6.07, 6.45) is 1.74. The minimum Gasteiger partial charge on any atom is -0.268 e. The third-order valence-electron chi connectivity index (χ3n) is 3.19. The molecule has 2 aromatic carbocycles. The lowest BCUT2D eigenvalue weighted by atomic mass is 10.2. The van der Waals surface area contributed by atoms with Gasteiger partial charge >= 0.3 is 0 Å². The summed E-state index contributed by atoms with van der Waals surface area (Å²) in [6.45, 7) is 0. The van der Waals surface area contributed by atoms with E-state index >= 15 is 0 Å². The first-order chi connectivity index (χ1) is 11.1. The third kappa shape index (κ3) is 3.44. The van der Waals surface area contributed by atoms with Crippen LogP contribution in [0.1, 0.15) is 15.9 Å². The van der Waals surface area contributed by atoms with Crippen LogP contribution < -0.4 is 0 Å². The van der Waals surface area contributed by atoms with E-state index in [2.05, 4.69) is 15.9 Å². The maximum atomic E-state index is 12.5. The number of thioether (sulfide) groups is 1. The van der Waals surface area contributed by atoms with Gasteiger partial charge in [0.15, 0.2) is 4.32 Å². The first kappa shape index (κ1) is 16.1. The minimum atomic E-state index is -0.406. The number of hydrogen-bond donors (Lipinski definition) is 0. The van der Waals surface area contributed by atoms with E-state index in [9.17, 15) is 9.59 Å². The fourth-order valence-corrected chi connectivity index (χ4v) is 3.58. The van der Waals surface area contributed by atoms with Crippen LogP contribution in [0.3, 0.4) is 0 Å². The van der Waals surface area contributed by atoms with Crippen molar-refractivity contribution >= 4 is 62.1 Å². The van der Waals surface area contributed by atoms with Gasteiger partial charge in [0.25, 0.3) is 11.8 Å². The van der Waals surface area contributed by atoms with E-state index in [4.69, 9.17) is 12.2 Å². The molecular formula is C17H10BrNO2S2. The van der Waals surface area contributed by atoms with Crippen LogP contribution in [0, 0.1) is 0 Å². The molecule has 1 aliphatic rings. The van der Waals surface area contributed by atoms with Crippen molar-refractivity contribution in [3.8, 4) is 0 Å². The van der Waals surface area contributed by atoms with Crippen LogP contribution in [0.4, 0.5) is 0 Å². The van der Waals surface area contributed by atoms with Crippen molar-refractivity contribution < 1.29 is 9.59 Å². The van der Waals surface area contributed by atoms with Gasteiger partial charge in [0, 0.05) is 10.0 Å². The Kier molecular flexibility index (Phi) is 4.75. The normalized spacial score (nSPS) is 16.2. The van der Waals surface area contributed by atoms with Gasteiger partial charge in [-0.25, -0.2) is 4.90 Å². The predicted molar refractivity (Wildman–Crippen MR) is 99.9 cm³/mol. The zero-order valence-electron chi connectivity index (χ0n) is 11.7. The zero-order valence-corrected chi connectivity index (χ0v) is 15.0. The molecule has 3 nitrogen and oxygen atoms in total. The molecular weight excluding hydrogens is 394 g/mol. The maximum absolute atomic E-state index is 12.5. The molecule has 0 atom stereocenters. The molecule has 2 amide bonds. The van der Waals surface area contributed by atoms with Gasteiger partial charge < -0.3 is 0 Å². The Morgan fingerprint density at radius 3 is 2.39 bits per heavy atom. The summed E-state index contributed by atoms with van der Waals surface area (Å²) in [6, 6.07) is 16.3. The van der Waals surface area contributed by atoms with Crippen molar-refractivity contribution in [2.75, 3.05) is 0 Å². The Hall–Kier alpha value is -1.76. The van der Waals surface area contributed by atoms with E-state index in [1.165, 1.54) is 0 Å². The van der Waals surface area contributed by atoms with Gasteiger partial charge in [-0.2, -0.15) is 0 Å². The number of nitrogens with zero attached hydrogens (tertiary/aromatic N) is 1. The SMILES string of the molecule is O=C1/C(=C/c2ccccc2)SC(=S)N1C(=O)c1ccc(Br)cc1. The van der Waals surface area contributed by atoms with Crippen LogP contribution in [0.2, 0.25) is 0 Å². The molecule has 6 heteroatoms. The van der Waals surface area contributed by atoms with Gasteiger partial charge in [0.2, 0.25) is 0 Å². The van der Waals surface area contributed by atoms with Crippen LogP contribution in [-0.2, 0) is 4.79 Å². The zero-order chi connectivity index (χ0) is 16.4. The molecule has 0 radical (unpaired) electrons. The molecule has 0 spiro atoms. The summed E-state index contributed by atoms with van der Waals surface area (Å²) in [4.78, 5) is 26.6. The number of halogens is 1. The highest BCUT2D eigenvalue weighted by molar-refractivity contribution is 9.10. The smallest absolute Gasteiger partial charge is 0.268 e. The van der Waals surface area contributed by atoms with Crippen molar-refractivity contribution in [3.05, 3.63) is 75.1 Å². The van der Waals surface area contributed by atoms with E-state index in [1.807, 2.05) is 30.3 Å². The lowest BCUT2D eigenvalue weighted by molar-refractivity contribution is -0.120. The predicted octanol–water partition coefficient (Wildman–Crippen LogP) is 4.49. The maximum Gasteiger partial charge on any atom is 0.273 e. The molecule has 0 unspecified atom stereocenters. The number of carbonyl (C=O) groups excluding carboxylic acids is 2. The number of rotatable bonds is 2. The van der Waals surface area contributed by atoms with Crippen LogP contribution in [0.5, 0.6) is 0 Å². The van der Waals surface area contributed by atoms with Crippen LogP contribution >= 0.6 is 39.9 Å². The van der Waals surface area contributed by atoms with Crippen molar-refractivity contribution in [1.82, 2.24) is 4.90 Å². The monoisotopic (exact) mass is 403 g/mol. The molecule has 1 heterocycles. The molecule has 0 saturated carbocycles. The topological polar surface area (TPSA) is 37.4 Å². The van der Waals surface area contributed by atoms with Crippen LogP contribution in [0.25, 0.3) is 6.08 Å². The lowest BCUT2D eigenvalue weighted by Gasteiger charge is -2.12. The molecule has 2 aromatic rings. The highest BCUT2D eigenvalue weighted by Gasteiger charge is 2.37. The van der Waals surface area contributed by atoms with Crippen molar-refractivity contribution in [2.24, 2.45) is 0 Å². The second-order valence-electron chi connectivity index (χ2n) is 4.74. The van der Waals surface area contributed by atoms with E-state index in [-0.39, 0.29) is 10.2 Å². The highest BCUT2D eigenvalue weighted by Crippen LogP contribution is 2.33. The molecule has 1 aliphatic heterocycles. The second-order valence-corrected chi connectivity index (χ2v) is 7.33. The quantitative estimate of drug-likeness (QED) is 0.420. The van der Waals surface area contributed by atoms with Crippen LogP contribution in [0.15, 0.2) is 64.0 Å². The summed E-state index contributed by atoms with van der Waals surface area (Å²) in [5.41, 5.74) is 1.31. The van der Waals surface area contributed by atoms with Gasteiger partial charge in [-0.15, -0.1) is 0 Å². The first-order valence-corrected chi connectivity index (χ1v) is 8.71. The number of benzene rings is 2. The van der Waals surface area contributed by atoms with Gasteiger partial charge in [-0.1, -0.05) is 70.2 Å². The van der Waals surface area contributed by atoms with E-state index < -0.39 is 5.91 Å². The van der Waals surface area contributed by atoms with Gasteiger partial charge in [0.1, 0.15) is 0 Å². The first-order valence-electron chi connectivity index (χ1n) is 6.69. The Morgan fingerprint density at radius 2 is 1.74 bits per heavy atom. The summed E-state index contributed by atoms with van der Waals surface area (Å²) in [7, 11) is 0. The van der Waals surface area contributed by atoms with E-state index in [0.29, 0.717) is 10.5 Å². The number of thiocarbonyl (C=S) groups is 1. The minimum absolute atomic E-state index is 0.255. The molecule has 3 rings (SSSR count). The summed E-state index contributed by atoms with van der Waals surface area (Å²) in [5.74, 6) is -0.784.